The van der Waals surface area contributed by atoms with Gasteiger partial charge in [0.1, 0.15) is 8.07 Å². The number of carbonyl (C=O) groups excluding carboxylic acids is 1. The standard InChI is InChI=1S/C14H26O2Si/c1-8-16-14(15)9-10-17(11(2)3,12(4)5)13(6)7/h11-13H,8H2,1-7H3. The van der Waals surface area contributed by atoms with Crippen LogP contribution in [0.25, 0.3) is 0 Å². The monoisotopic (exact) mass is 254 g/mol. The average molecular weight is 254 g/mol. The number of esters is 1. The minimum absolute atomic E-state index is 0.383. The smallest absolute Gasteiger partial charge is 0.383 e. The molecule has 0 aromatic heterocycles. The highest BCUT2D eigenvalue weighted by Crippen LogP contribution is 2.40. The van der Waals surface area contributed by atoms with E-state index >= 15 is 0 Å². The average Bonchev–Trinajstić information content (AvgIpc) is 2.17. The Morgan fingerprint density at radius 3 is 1.76 bits per heavy atom. The molecule has 0 saturated heterocycles. The van der Waals surface area contributed by atoms with Crippen LogP contribution in [0.5, 0.6) is 0 Å². The third kappa shape index (κ3) is 3.88. The lowest BCUT2D eigenvalue weighted by Crippen LogP contribution is -2.43. The van der Waals surface area contributed by atoms with Crippen LogP contribution >= 0.6 is 0 Å². The molecule has 0 aromatic carbocycles. The van der Waals surface area contributed by atoms with E-state index in [1.807, 2.05) is 0 Å². The predicted octanol–water partition coefficient (Wildman–Crippen LogP) is 3.77. The largest absolute Gasteiger partial charge is 0.456 e. The van der Waals surface area contributed by atoms with Crippen molar-refractivity contribution in [3.8, 4) is 11.5 Å². The van der Waals surface area contributed by atoms with Crippen LogP contribution in [0.2, 0.25) is 16.6 Å². The Bertz CT molecular complexity index is 286. The lowest BCUT2D eigenvalue weighted by molar-refractivity contribution is -0.136. The highest BCUT2D eigenvalue weighted by atomic mass is 28.3. The van der Waals surface area contributed by atoms with Crippen LogP contribution in [0, 0.1) is 11.5 Å². The van der Waals surface area contributed by atoms with E-state index in [1.165, 1.54) is 0 Å². The van der Waals surface area contributed by atoms with Gasteiger partial charge in [0.25, 0.3) is 0 Å². The molecule has 2 nitrogen and oxygen atoms in total. The third-order valence-corrected chi connectivity index (χ3v) is 9.81. The van der Waals surface area contributed by atoms with Crippen LogP contribution in [-0.2, 0) is 9.53 Å². The molecule has 0 N–H and O–H groups in total. The topological polar surface area (TPSA) is 26.3 Å². The van der Waals surface area contributed by atoms with E-state index in [0.29, 0.717) is 23.2 Å². The molecule has 0 spiro atoms. The van der Waals surface area contributed by atoms with Crippen molar-refractivity contribution >= 4 is 14.0 Å². The zero-order valence-electron chi connectivity index (χ0n) is 12.3. The maximum Gasteiger partial charge on any atom is 0.383 e. The van der Waals surface area contributed by atoms with Gasteiger partial charge in [-0.1, -0.05) is 41.5 Å². The molecule has 0 atom stereocenters. The zero-order chi connectivity index (χ0) is 13.6. The van der Waals surface area contributed by atoms with Crippen LogP contribution < -0.4 is 0 Å². The van der Waals surface area contributed by atoms with Crippen molar-refractivity contribution in [3.05, 3.63) is 0 Å². The summed E-state index contributed by atoms with van der Waals surface area (Å²) in [7, 11) is -1.78. The van der Waals surface area contributed by atoms with Crippen molar-refractivity contribution in [2.45, 2.75) is 65.1 Å². The van der Waals surface area contributed by atoms with E-state index in [0.717, 1.165) is 0 Å². The Hall–Kier alpha value is -0.753. The summed E-state index contributed by atoms with van der Waals surface area (Å²) in [5.74, 6) is 2.34. The molecule has 0 unspecified atom stereocenters. The van der Waals surface area contributed by atoms with Crippen molar-refractivity contribution in [2.75, 3.05) is 6.61 Å². The molecular formula is C14H26O2Si. The van der Waals surface area contributed by atoms with Gasteiger partial charge in [0.15, 0.2) is 0 Å². The molecule has 0 aromatic rings. The second kappa shape index (κ2) is 6.86. The number of rotatable bonds is 4. The summed E-state index contributed by atoms with van der Waals surface area (Å²) in [6.07, 6.45) is 0. The first kappa shape index (κ1) is 16.2. The van der Waals surface area contributed by atoms with Gasteiger partial charge >= 0.3 is 5.97 Å². The molecule has 0 rings (SSSR count). The summed E-state index contributed by atoms with van der Waals surface area (Å²) >= 11 is 0. The molecule has 0 heterocycles. The van der Waals surface area contributed by atoms with Gasteiger partial charge in [-0.25, -0.2) is 4.79 Å². The molecule has 0 amide bonds. The lowest BCUT2D eigenvalue weighted by Gasteiger charge is -2.37. The Morgan fingerprint density at radius 1 is 1.06 bits per heavy atom. The van der Waals surface area contributed by atoms with Crippen molar-refractivity contribution in [1.29, 1.82) is 0 Å². The van der Waals surface area contributed by atoms with Gasteiger partial charge in [-0.05, 0) is 23.5 Å². The number of carbonyl (C=O) groups is 1. The van der Waals surface area contributed by atoms with Crippen molar-refractivity contribution < 1.29 is 9.53 Å². The van der Waals surface area contributed by atoms with Crippen molar-refractivity contribution in [1.82, 2.24) is 0 Å². The first-order valence-electron chi connectivity index (χ1n) is 6.48. The van der Waals surface area contributed by atoms with Gasteiger partial charge in [0.05, 0.1) is 6.61 Å². The van der Waals surface area contributed by atoms with Crippen molar-refractivity contribution in [2.24, 2.45) is 0 Å². The normalized spacial score (nSPS) is 11.6. The number of hydrogen-bond donors (Lipinski definition) is 0. The minimum Gasteiger partial charge on any atom is -0.456 e. The first-order valence-corrected chi connectivity index (χ1v) is 8.72. The molecule has 0 aliphatic rings. The van der Waals surface area contributed by atoms with Crippen LogP contribution in [0.3, 0.4) is 0 Å². The molecular weight excluding hydrogens is 228 g/mol. The van der Waals surface area contributed by atoms with Crippen LogP contribution in [0.1, 0.15) is 48.5 Å². The molecule has 0 aliphatic heterocycles. The van der Waals surface area contributed by atoms with Crippen LogP contribution in [0.4, 0.5) is 0 Å². The highest BCUT2D eigenvalue weighted by molar-refractivity contribution is 6.90. The van der Waals surface area contributed by atoms with Crippen LogP contribution in [0.15, 0.2) is 0 Å². The summed E-state index contributed by atoms with van der Waals surface area (Å²) in [6, 6.07) is 0. The van der Waals surface area contributed by atoms with Gasteiger partial charge in [-0.15, -0.1) is 5.54 Å². The zero-order valence-corrected chi connectivity index (χ0v) is 13.3. The lowest BCUT2D eigenvalue weighted by atomic mass is 10.5. The Morgan fingerprint density at radius 2 is 1.47 bits per heavy atom. The molecule has 0 fully saturated rings. The molecule has 98 valence electrons. The van der Waals surface area contributed by atoms with E-state index in [-0.39, 0.29) is 5.97 Å². The summed E-state index contributed by atoms with van der Waals surface area (Å²) in [6.45, 7) is 15.6. The molecule has 0 saturated carbocycles. The third-order valence-electron chi connectivity index (χ3n) is 3.52. The fourth-order valence-electron chi connectivity index (χ4n) is 2.76. The van der Waals surface area contributed by atoms with Gasteiger partial charge in [0, 0.05) is 5.92 Å². The number of hydrogen-bond acceptors (Lipinski definition) is 2. The molecule has 0 bridgehead atoms. The predicted molar refractivity (Wildman–Crippen MR) is 75.5 cm³/mol. The molecule has 0 aliphatic carbocycles. The minimum atomic E-state index is -1.78. The van der Waals surface area contributed by atoms with E-state index in [1.54, 1.807) is 6.92 Å². The Kier molecular flexibility index (Phi) is 6.55. The summed E-state index contributed by atoms with van der Waals surface area (Å²) < 4.78 is 4.89. The fraction of sp³-hybridized carbons (Fsp3) is 0.786. The number of ether oxygens (including phenoxy) is 1. The summed E-state index contributed by atoms with van der Waals surface area (Å²) in [4.78, 5) is 11.4. The van der Waals surface area contributed by atoms with E-state index in [2.05, 4.69) is 53.0 Å². The molecule has 17 heavy (non-hydrogen) atoms. The Balaban J connectivity index is 5.26. The second-order valence-corrected chi connectivity index (χ2v) is 10.9. The first-order chi connectivity index (χ1) is 7.78. The SMILES string of the molecule is CCOC(=O)C#C[Si](C(C)C)(C(C)C)C(C)C. The van der Waals surface area contributed by atoms with E-state index in [9.17, 15) is 4.79 Å². The summed E-state index contributed by atoms with van der Waals surface area (Å²) in [5, 5.41) is 0. The molecule has 3 heteroatoms. The van der Waals surface area contributed by atoms with Gasteiger partial charge in [-0.3, -0.25) is 0 Å². The van der Waals surface area contributed by atoms with Gasteiger partial charge in [-0.2, -0.15) is 0 Å². The van der Waals surface area contributed by atoms with E-state index < -0.39 is 8.07 Å². The van der Waals surface area contributed by atoms with Crippen LogP contribution in [-0.4, -0.2) is 20.7 Å². The maximum absolute atomic E-state index is 11.4. The van der Waals surface area contributed by atoms with Gasteiger partial charge < -0.3 is 4.74 Å². The highest BCUT2D eigenvalue weighted by Gasteiger charge is 2.41. The maximum atomic E-state index is 11.4. The quantitative estimate of drug-likeness (QED) is 0.434. The van der Waals surface area contributed by atoms with E-state index in [4.69, 9.17) is 4.74 Å². The second-order valence-electron chi connectivity index (χ2n) is 5.37. The Labute approximate surface area is 107 Å². The van der Waals surface area contributed by atoms with Gasteiger partial charge in [0.2, 0.25) is 0 Å². The molecule has 0 radical (unpaired) electrons. The fourth-order valence-corrected chi connectivity index (χ4v) is 7.94. The summed E-state index contributed by atoms with van der Waals surface area (Å²) in [5.41, 5.74) is 4.97. The van der Waals surface area contributed by atoms with Crippen molar-refractivity contribution in [3.63, 3.8) is 0 Å².